The number of amides is 1. The van der Waals surface area contributed by atoms with Gasteiger partial charge in [-0.05, 0) is 39.3 Å². The number of hydrogen-bond donors (Lipinski definition) is 1. The van der Waals surface area contributed by atoms with E-state index < -0.39 is 11.7 Å². The maximum absolute atomic E-state index is 11.5. The summed E-state index contributed by atoms with van der Waals surface area (Å²) in [6, 6.07) is 10.5. The molecular formula is C13H18NO2. The molecular weight excluding hydrogens is 202 g/mol. The van der Waals surface area contributed by atoms with E-state index in [4.69, 9.17) is 4.74 Å². The van der Waals surface area contributed by atoms with E-state index in [1.807, 2.05) is 52.0 Å². The topological polar surface area (TPSA) is 38.3 Å². The highest BCUT2D eigenvalue weighted by Crippen LogP contribution is 2.12. The standard InChI is InChI=1S/C13H18NO2/c1-10(11-8-6-5-7-9-11)14-12(15)16-13(2,3)4/h5-8,10H,1-4H3,(H,14,15)/t10-/m1/s1. The van der Waals surface area contributed by atoms with Gasteiger partial charge in [0.05, 0.1) is 6.04 Å². The van der Waals surface area contributed by atoms with Gasteiger partial charge in [-0.15, -0.1) is 0 Å². The van der Waals surface area contributed by atoms with Gasteiger partial charge < -0.3 is 10.1 Å². The number of nitrogens with one attached hydrogen (secondary N) is 1. The summed E-state index contributed by atoms with van der Waals surface area (Å²) in [5, 5.41) is 2.76. The summed E-state index contributed by atoms with van der Waals surface area (Å²) >= 11 is 0. The Morgan fingerprint density at radius 2 is 2.12 bits per heavy atom. The van der Waals surface area contributed by atoms with Crippen LogP contribution in [-0.4, -0.2) is 11.7 Å². The van der Waals surface area contributed by atoms with Crippen molar-refractivity contribution >= 4 is 6.09 Å². The summed E-state index contributed by atoms with van der Waals surface area (Å²) in [5.74, 6) is 0. The normalized spacial score (nSPS) is 13.0. The molecule has 0 aromatic heterocycles. The maximum atomic E-state index is 11.5. The minimum atomic E-state index is -0.468. The summed E-state index contributed by atoms with van der Waals surface area (Å²) in [7, 11) is 0. The number of alkyl carbamates (subject to hydrolysis) is 1. The van der Waals surface area contributed by atoms with Gasteiger partial charge in [0, 0.05) is 0 Å². The second-order valence-corrected chi connectivity index (χ2v) is 4.69. The lowest BCUT2D eigenvalue weighted by Crippen LogP contribution is -2.34. The third kappa shape index (κ3) is 4.34. The Morgan fingerprint density at radius 1 is 1.44 bits per heavy atom. The van der Waals surface area contributed by atoms with Crippen LogP contribution in [0.4, 0.5) is 4.79 Å². The van der Waals surface area contributed by atoms with E-state index in [0.29, 0.717) is 0 Å². The lowest BCUT2D eigenvalue weighted by atomic mass is 10.1. The van der Waals surface area contributed by atoms with Gasteiger partial charge in [0.15, 0.2) is 0 Å². The second kappa shape index (κ2) is 5.01. The number of carbonyl (C=O) groups excluding carboxylic acids is 1. The molecule has 1 amide bonds. The zero-order valence-corrected chi connectivity index (χ0v) is 10.2. The third-order valence-electron chi connectivity index (χ3n) is 1.93. The van der Waals surface area contributed by atoms with Crippen molar-refractivity contribution in [2.24, 2.45) is 0 Å². The Labute approximate surface area is 96.8 Å². The predicted molar refractivity (Wildman–Crippen MR) is 63.1 cm³/mol. The lowest BCUT2D eigenvalue weighted by molar-refractivity contribution is 0.0508. The molecule has 0 heterocycles. The lowest BCUT2D eigenvalue weighted by Gasteiger charge is -2.22. The maximum Gasteiger partial charge on any atom is 0.408 e. The smallest absolute Gasteiger partial charge is 0.408 e. The Kier molecular flexibility index (Phi) is 3.93. The monoisotopic (exact) mass is 220 g/mol. The zero-order valence-electron chi connectivity index (χ0n) is 10.2. The fraction of sp³-hybridized carbons (Fsp3) is 0.462. The van der Waals surface area contributed by atoms with Crippen molar-refractivity contribution in [1.82, 2.24) is 5.32 Å². The molecule has 3 heteroatoms. The van der Waals surface area contributed by atoms with Crippen molar-refractivity contribution in [3.8, 4) is 0 Å². The molecule has 0 aliphatic heterocycles. The fourth-order valence-electron chi connectivity index (χ4n) is 1.24. The summed E-state index contributed by atoms with van der Waals surface area (Å²) in [6.07, 6.45) is -0.405. The van der Waals surface area contributed by atoms with Crippen LogP contribution in [0.2, 0.25) is 0 Å². The fourth-order valence-corrected chi connectivity index (χ4v) is 1.24. The largest absolute Gasteiger partial charge is 0.444 e. The minimum absolute atomic E-state index is 0.101. The average molecular weight is 220 g/mol. The third-order valence-corrected chi connectivity index (χ3v) is 1.93. The molecule has 0 fully saturated rings. The van der Waals surface area contributed by atoms with Crippen molar-refractivity contribution in [3.63, 3.8) is 0 Å². The quantitative estimate of drug-likeness (QED) is 0.831. The summed E-state index contributed by atoms with van der Waals surface area (Å²) in [5.41, 5.74) is 0.470. The molecule has 1 atom stereocenters. The molecule has 1 radical (unpaired) electrons. The van der Waals surface area contributed by atoms with Crippen molar-refractivity contribution < 1.29 is 9.53 Å². The van der Waals surface area contributed by atoms with Crippen molar-refractivity contribution in [2.45, 2.75) is 39.3 Å². The van der Waals surface area contributed by atoms with Crippen LogP contribution in [0.5, 0.6) is 0 Å². The van der Waals surface area contributed by atoms with E-state index >= 15 is 0 Å². The summed E-state index contributed by atoms with van der Waals surface area (Å²) in [4.78, 5) is 11.5. The number of rotatable bonds is 2. The van der Waals surface area contributed by atoms with Crippen LogP contribution in [0.25, 0.3) is 0 Å². The molecule has 1 aromatic rings. The van der Waals surface area contributed by atoms with Crippen LogP contribution in [0.3, 0.4) is 0 Å². The van der Waals surface area contributed by atoms with Gasteiger partial charge >= 0.3 is 6.09 Å². The number of ether oxygens (including phenoxy) is 1. The molecule has 16 heavy (non-hydrogen) atoms. The van der Waals surface area contributed by atoms with Gasteiger partial charge in [-0.1, -0.05) is 24.3 Å². The molecule has 0 saturated carbocycles. The average Bonchev–Trinajstić information content (AvgIpc) is 2.16. The van der Waals surface area contributed by atoms with E-state index in [0.717, 1.165) is 5.56 Å². The van der Waals surface area contributed by atoms with Crippen LogP contribution < -0.4 is 5.32 Å². The van der Waals surface area contributed by atoms with Gasteiger partial charge in [0.1, 0.15) is 5.60 Å². The molecule has 0 unspecified atom stereocenters. The highest BCUT2D eigenvalue weighted by atomic mass is 16.6. The Hall–Kier alpha value is -1.51. The first-order valence-corrected chi connectivity index (χ1v) is 5.34. The highest BCUT2D eigenvalue weighted by Gasteiger charge is 2.17. The van der Waals surface area contributed by atoms with E-state index in [1.54, 1.807) is 0 Å². The highest BCUT2D eigenvalue weighted by molar-refractivity contribution is 5.68. The first-order chi connectivity index (χ1) is 7.38. The zero-order chi connectivity index (χ0) is 12.2. The SMILES string of the molecule is C[C@@H](NC(=O)OC(C)(C)C)c1[c]cccc1. The van der Waals surface area contributed by atoms with Gasteiger partial charge in [-0.25, -0.2) is 4.79 Å². The minimum Gasteiger partial charge on any atom is -0.444 e. The van der Waals surface area contributed by atoms with Crippen molar-refractivity contribution in [3.05, 3.63) is 35.9 Å². The molecule has 0 spiro atoms. The van der Waals surface area contributed by atoms with Crippen LogP contribution in [0.1, 0.15) is 39.3 Å². The Bertz CT molecular complexity index is 341. The van der Waals surface area contributed by atoms with Crippen molar-refractivity contribution in [2.75, 3.05) is 0 Å². The van der Waals surface area contributed by atoms with Gasteiger partial charge in [0.25, 0.3) is 0 Å². The summed E-state index contributed by atoms with van der Waals surface area (Å²) < 4.78 is 5.17. The second-order valence-electron chi connectivity index (χ2n) is 4.69. The van der Waals surface area contributed by atoms with Crippen LogP contribution in [0, 0.1) is 6.07 Å². The van der Waals surface area contributed by atoms with Crippen molar-refractivity contribution in [1.29, 1.82) is 0 Å². The Morgan fingerprint density at radius 3 is 2.62 bits per heavy atom. The molecule has 0 bridgehead atoms. The molecule has 87 valence electrons. The van der Waals surface area contributed by atoms with E-state index in [9.17, 15) is 4.79 Å². The summed E-state index contributed by atoms with van der Waals surface area (Å²) in [6.45, 7) is 7.42. The molecule has 0 saturated heterocycles. The van der Waals surface area contributed by atoms with Gasteiger partial charge in [-0.2, -0.15) is 0 Å². The molecule has 3 nitrogen and oxygen atoms in total. The van der Waals surface area contributed by atoms with E-state index in [2.05, 4.69) is 11.4 Å². The van der Waals surface area contributed by atoms with Gasteiger partial charge in [-0.3, -0.25) is 0 Å². The van der Waals surface area contributed by atoms with Crippen LogP contribution in [-0.2, 0) is 4.74 Å². The Balaban J connectivity index is 2.52. The molecule has 0 aliphatic carbocycles. The van der Waals surface area contributed by atoms with Gasteiger partial charge in [0.2, 0.25) is 0 Å². The molecule has 1 N–H and O–H groups in total. The first kappa shape index (κ1) is 12.6. The first-order valence-electron chi connectivity index (χ1n) is 5.34. The number of hydrogen-bond acceptors (Lipinski definition) is 2. The van der Waals surface area contributed by atoms with Crippen LogP contribution >= 0.6 is 0 Å². The van der Waals surface area contributed by atoms with E-state index in [-0.39, 0.29) is 6.04 Å². The van der Waals surface area contributed by atoms with Crippen LogP contribution in [0.15, 0.2) is 24.3 Å². The van der Waals surface area contributed by atoms with E-state index in [1.165, 1.54) is 0 Å². The molecule has 1 aromatic carbocycles. The number of benzene rings is 1. The molecule has 1 rings (SSSR count). The molecule has 0 aliphatic rings. The number of carbonyl (C=O) groups is 1. The predicted octanol–water partition coefficient (Wildman–Crippen LogP) is 3.07.